The van der Waals surface area contributed by atoms with Crippen molar-refractivity contribution in [2.24, 2.45) is 5.73 Å². The van der Waals surface area contributed by atoms with Crippen LogP contribution in [-0.4, -0.2) is 33.0 Å². The maximum absolute atomic E-state index is 13.7. The number of nitrogens with two attached hydrogens (primary N) is 1. The number of fused-ring (bicyclic) bond motifs is 1. The van der Waals surface area contributed by atoms with E-state index in [4.69, 9.17) is 15.6 Å². The largest absolute Gasteiger partial charge is 0.476 e. The van der Waals surface area contributed by atoms with Crippen molar-refractivity contribution in [1.29, 1.82) is 0 Å². The monoisotopic (exact) mass is 386 g/mol. The lowest BCUT2D eigenvalue weighted by Gasteiger charge is -2.12. The zero-order chi connectivity index (χ0) is 20.4. The first kappa shape index (κ1) is 19.4. The zero-order valence-electron chi connectivity index (χ0n) is 15.0. The van der Waals surface area contributed by atoms with Crippen molar-refractivity contribution in [3.8, 4) is 5.75 Å². The normalized spacial score (nSPS) is 13.2. The van der Waals surface area contributed by atoms with Gasteiger partial charge in [-0.1, -0.05) is 36.4 Å². The van der Waals surface area contributed by atoms with Crippen molar-refractivity contribution in [1.82, 2.24) is 4.57 Å². The smallest absolute Gasteiger partial charge is 0.378 e. The lowest BCUT2D eigenvalue weighted by molar-refractivity contribution is -0.153. The van der Waals surface area contributed by atoms with Crippen LogP contribution in [0.5, 0.6) is 5.75 Å². The Balaban J connectivity index is 2.23. The van der Waals surface area contributed by atoms with Gasteiger partial charge in [-0.3, -0.25) is 4.79 Å². The lowest BCUT2D eigenvalue weighted by Crippen LogP contribution is -2.23. The van der Waals surface area contributed by atoms with Gasteiger partial charge in [0, 0.05) is 23.2 Å². The molecule has 0 fully saturated rings. The van der Waals surface area contributed by atoms with Crippen LogP contribution < -0.4 is 10.5 Å². The summed E-state index contributed by atoms with van der Waals surface area (Å²) in [6, 6.07) is 14.1. The minimum Gasteiger partial charge on any atom is -0.476 e. The number of aliphatic hydroxyl groups excluding tert-OH is 1. The number of nitrogens with zero attached hydrogens (tertiary/aromatic N) is 1. The summed E-state index contributed by atoms with van der Waals surface area (Å²) in [5.41, 5.74) is 7.48. The van der Waals surface area contributed by atoms with Crippen molar-refractivity contribution in [2.75, 3.05) is 0 Å². The van der Waals surface area contributed by atoms with Crippen molar-refractivity contribution in [3.63, 3.8) is 0 Å². The van der Waals surface area contributed by atoms with Crippen molar-refractivity contribution < 1.29 is 28.9 Å². The molecule has 1 aromatic heterocycles. The fourth-order valence-electron chi connectivity index (χ4n) is 3.23. The van der Waals surface area contributed by atoms with E-state index in [1.54, 1.807) is 19.1 Å². The Hall–Kier alpha value is -3.39. The summed E-state index contributed by atoms with van der Waals surface area (Å²) in [5.74, 6) is -2.86. The third-order valence-corrected chi connectivity index (χ3v) is 4.51. The second-order valence-corrected chi connectivity index (χ2v) is 6.30. The Morgan fingerprint density at radius 3 is 2.46 bits per heavy atom. The number of aliphatic hydroxyl groups is 1. The molecular weight excluding hydrogens is 367 g/mol. The van der Waals surface area contributed by atoms with Crippen LogP contribution >= 0.6 is 0 Å². The molecule has 0 bridgehead atoms. The number of carbonyl (C=O) groups excluding carboxylic acids is 1. The van der Waals surface area contributed by atoms with Gasteiger partial charge in [0.05, 0.1) is 5.52 Å². The second-order valence-electron chi connectivity index (χ2n) is 6.30. The highest BCUT2D eigenvalue weighted by molar-refractivity contribution is 5.96. The van der Waals surface area contributed by atoms with Gasteiger partial charge in [-0.15, -0.1) is 0 Å². The average Bonchev–Trinajstić information content (AvgIpc) is 2.94. The average molecular weight is 386 g/mol. The minimum atomic E-state index is -2.60. The van der Waals surface area contributed by atoms with Gasteiger partial charge in [0.1, 0.15) is 5.75 Å². The molecule has 0 spiro atoms. The zero-order valence-corrected chi connectivity index (χ0v) is 15.0. The molecule has 0 aliphatic rings. The van der Waals surface area contributed by atoms with Crippen molar-refractivity contribution in [3.05, 3.63) is 65.4 Å². The molecule has 2 atom stereocenters. The first-order valence-electron chi connectivity index (χ1n) is 8.47. The first-order valence-corrected chi connectivity index (χ1v) is 8.47. The fourth-order valence-corrected chi connectivity index (χ4v) is 3.23. The standard InChI is InChI=1S/C20H19FN2O5/c1-11-15(17(24)19(22)25)16-13(23(11)10-12-6-3-2-4-7-12)8-5-9-14(16)28-18(21)20(26)27/h2-9,17-18,24H,10H2,1H3,(H2,22,25)(H,26,27). The summed E-state index contributed by atoms with van der Waals surface area (Å²) in [6.07, 6.45) is -4.26. The maximum atomic E-state index is 13.7. The van der Waals surface area contributed by atoms with Crippen LogP contribution in [0.3, 0.4) is 0 Å². The van der Waals surface area contributed by atoms with Crippen LogP contribution in [0, 0.1) is 6.92 Å². The molecule has 8 heteroatoms. The molecule has 0 aliphatic carbocycles. The first-order chi connectivity index (χ1) is 13.3. The van der Waals surface area contributed by atoms with Crippen molar-refractivity contribution in [2.45, 2.75) is 25.9 Å². The van der Waals surface area contributed by atoms with E-state index in [-0.39, 0.29) is 16.7 Å². The predicted molar refractivity (Wildman–Crippen MR) is 99.5 cm³/mol. The summed E-state index contributed by atoms with van der Waals surface area (Å²) in [4.78, 5) is 22.5. The molecule has 4 N–H and O–H groups in total. The Bertz CT molecular complexity index is 1030. The predicted octanol–water partition coefficient (Wildman–Crippen LogP) is 2.28. The number of ether oxygens (including phenoxy) is 1. The fraction of sp³-hybridized carbons (Fsp3) is 0.200. The van der Waals surface area contributed by atoms with Gasteiger partial charge < -0.3 is 25.3 Å². The molecule has 0 radical (unpaired) electrons. The van der Waals surface area contributed by atoms with Gasteiger partial charge in [0.2, 0.25) is 0 Å². The molecule has 0 saturated heterocycles. The molecule has 3 aromatic rings. The Labute approximate surface area is 159 Å². The van der Waals surface area contributed by atoms with Gasteiger partial charge in [-0.25, -0.2) is 4.79 Å². The third kappa shape index (κ3) is 3.54. The van der Waals surface area contributed by atoms with Gasteiger partial charge in [0.25, 0.3) is 5.91 Å². The molecule has 2 aromatic carbocycles. The van der Waals surface area contributed by atoms with E-state index in [0.29, 0.717) is 17.8 Å². The van der Waals surface area contributed by atoms with E-state index in [0.717, 1.165) is 5.56 Å². The minimum absolute atomic E-state index is 0.0994. The number of halogens is 1. The number of amides is 1. The molecule has 2 unspecified atom stereocenters. The number of aliphatic carboxylic acids is 1. The molecule has 28 heavy (non-hydrogen) atoms. The SMILES string of the molecule is Cc1c(C(O)C(N)=O)c2c(OC(F)C(=O)O)cccc2n1Cc1ccccc1. The van der Waals surface area contributed by atoms with Crippen LogP contribution in [-0.2, 0) is 16.1 Å². The quantitative estimate of drug-likeness (QED) is 0.576. The van der Waals surface area contributed by atoms with Crippen molar-refractivity contribution >= 4 is 22.8 Å². The Morgan fingerprint density at radius 1 is 1.18 bits per heavy atom. The Kier molecular flexibility index (Phi) is 5.32. The van der Waals surface area contributed by atoms with E-state index in [1.165, 1.54) is 6.07 Å². The van der Waals surface area contributed by atoms with Gasteiger partial charge in [-0.2, -0.15) is 4.39 Å². The molecule has 0 aliphatic heterocycles. The summed E-state index contributed by atoms with van der Waals surface area (Å²) in [7, 11) is 0. The summed E-state index contributed by atoms with van der Waals surface area (Å²) >= 11 is 0. The number of carbonyl (C=O) groups is 2. The number of hydrogen-bond acceptors (Lipinski definition) is 4. The highest BCUT2D eigenvalue weighted by Crippen LogP contribution is 2.38. The highest BCUT2D eigenvalue weighted by Gasteiger charge is 2.28. The molecule has 1 amide bonds. The van der Waals surface area contributed by atoms with Crippen LogP contribution in [0.2, 0.25) is 0 Å². The number of hydrogen-bond donors (Lipinski definition) is 3. The summed E-state index contributed by atoms with van der Waals surface area (Å²) in [6.45, 7) is 2.11. The molecule has 146 valence electrons. The van der Waals surface area contributed by atoms with Gasteiger partial charge in [0.15, 0.2) is 6.10 Å². The topological polar surface area (TPSA) is 115 Å². The summed E-state index contributed by atoms with van der Waals surface area (Å²) in [5, 5.41) is 19.4. The van der Waals surface area contributed by atoms with Crippen LogP contribution in [0.25, 0.3) is 10.9 Å². The molecule has 1 heterocycles. The van der Waals surface area contributed by atoms with Crippen LogP contribution in [0.15, 0.2) is 48.5 Å². The second kappa shape index (κ2) is 7.69. The van der Waals surface area contributed by atoms with E-state index >= 15 is 0 Å². The molecule has 7 nitrogen and oxygen atoms in total. The van der Waals surface area contributed by atoms with E-state index in [1.807, 2.05) is 34.9 Å². The number of carboxylic acids is 1. The number of benzene rings is 2. The van der Waals surface area contributed by atoms with E-state index < -0.39 is 24.3 Å². The molecule has 3 rings (SSSR count). The number of primary amides is 1. The highest BCUT2D eigenvalue weighted by atomic mass is 19.1. The van der Waals surface area contributed by atoms with E-state index in [2.05, 4.69) is 0 Å². The number of aromatic nitrogens is 1. The number of rotatable bonds is 7. The van der Waals surface area contributed by atoms with Gasteiger partial charge >= 0.3 is 12.3 Å². The van der Waals surface area contributed by atoms with E-state index in [9.17, 15) is 19.1 Å². The molecular formula is C20H19FN2O5. The van der Waals surface area contributed by atoms with Crippen LogP contribution in [0.1, 0.15) is 22.9 Å². The maximum Gasteiger partial charge on any atom is 0.378 e. The third-order valence-electron chi connectivity index (χ3n) is 4.51. The molecule has 0 saturated carbocycles. The van der Waals surface area contributed by atoms with Gasteiger partial charge in [-0.05, 0) is 24.6 Å². The van der Waals surface area contributed by atoms with Crippen LogP contribution in [0.4, 0.5) is 4.39 Å². The Morgan fingerprint density at radius 2 is 1.86 bits per heavy atom. The summed E-state index contributed by atoms with van der Waals surface area (Å²) < 4.78 is 20.5. The number of carboxylic acid groups (broad SMARTS) is 1. The lowest BCUT2D eigenvalue weighted by atomic mass is 10.0. The number of alkyl halides is 1.